The normalized spacial score (nSPS) is 18.5. The van der Waals surface area contributed by atoms with Crippen molar-refractivity contribution < 1.29 is 22.4 Å². The molecule has 0 saturated carbocycles. The zero-order valence-electron chi connectivity index (χ0n) is 47.7. The van der Waals surface area contributed by atoms with Gasteiger partial charge in [0.05, 0.1) is 18.3 Å². The number of methoxy groups -OCH3 is 1. The molecule has 0 saturated heterocycles. The van der Waals surface area contributed by atoms with E-state index in [0.717, 1.165) is 32.5 Å². The summed E-state index contributed by atoms with van der Waals surface area (Å²) in [7, 11) is -5.82. The van der Waals surface area contributed by atoms with Crippen LogP contribution >= 0.6 is 0 Å². The molecular weight excluding hydrogens is 853 g/mol. The Hall–Kier alpha value is -0.892. The van der Waals surface area contributed by atoms with Crippen molar-refractivity contribution in [3.05, 3.63) is 70.9 Å². The van der Waals surface area contributed by atoms with Crippen molar-refractivity contribution in [3.63, 3.8) is 0 Å². The van der Waals surface area contributed by atoms with Crippen LogP contribution in [0, 0.1) is 17.8 Å². The van der Waals surface area contributed by atoms with Gasteiger partial charge in [-0.3, -0.25) is 0 Å². The van der Waals surface area contributed by atoms with E-state index in [1.54, 1.807) is 0 Å². The molecule has 0 heterocycles. The average Bonchev–Trinajstić information content (AvgIpc) is 3.10. The lowest BCUT2D eigenvalue weighted by atomic mass is 9.92. The van der Waals surface area contributed by atoms with Gasteiger partial charge in [-0.2, -0.15) is 0 Å². The molecule has 0 aliphatic heterocycles. The molecule has 0 bridgehead atoms. The highest BCUT2D eigenvalue weighted by atomic mass is 28.4. The Morgan fingerprint density at radius 1 is 0.562 bits per heavy atom. The SMILES string of the molecule is CO[C@H](/C(C)=C/C=C/[C@H](C)CO[Si](C)(C)C(C)(C)C)[C@@H](C)[C@@H](/C=C/C(C)=C\C(C)=C/[C@H](C)[C@@H](/C=C(\C)CCCCO[Si](C)(C)C(C)(C)C)O[Si](C)(C)C(C)(C)C)O[Si](C)(C)C(C)(C)C. The second-order valence-electron chi connectivity index (χ2n) is 25.6. The van der Waals surface area contributed by atoms with Gasteiger partial charge in [0, 0.05) is 32.2 Å². The molecule has 9 heteroatoms. The van der Waals surface area contributed by atoms with Gasteiger partial charge in [0.1, 0.15) is 0 Å². The predicted molar refractivity (Wildman–Crippen MR) is 296 cm³/mol. The molecule has 0 unspecified atom stereocenters. The number of hydrogen-bond donors (Lipinski definition) is 0. The maximum absolute atomic E-state index is 7.21. The zero-order valence-corrected chi connectivity index (χ0v) is 51.7. The minimum Gasteiger partial charge on any atom is -0.417 e. The van der Waals surface area contributed by atoms with Crippen LogP contribution in [0.25, 0.3) is 0 Å². The second-order valence-corrected chi connectivity index (χ2v) is 44.8. The van der Waals surface area contributed by atoms with Crippen LogP contribution in [-0.4, -0.2) is 71.9 Å². The molecule has 374 valence electrons. The van der Waals surface area contributed by atoms with E-state index in [1.807, 2.05) is 7.11 Å². The van der Waals surface area contributed by atoms with Crippen molar-refractivity contribution in [2.24, 2.45) is 17.8 Å². The van der Waals surface area contributed by atoms with Crippen LogP contribution in [0.15, 0.2) is 70.9 Å². The third kappa shape index (κ3) is 21.6. The molecule has 5 nitrogen and oxygen atoms in total. The van der Waals surface area contributed by atoms with Crippen LogP contribution in [0.1, 0.15) is 151 Å². The topological polar surface area (TPSA) is 46.2 Å². The number of allylic oxidation sites excluding steroid dienone is 7. The van der Waals surface area contributed by atoms with E-state index in [4.69, 9.17) is 22.4 Å². The quantitative estimate of drug-likeness (QED) is 0.0395. The fourth-order valence-electron chi connectivity index (χ4n) is 6.37. The summed E-state index contributed by atoms with van der Waals surface area (Å²) in [4.78, 5) is 0. The van der Waals surface area contributed by atoms with Crippen LogP contribution in [0.4, 0.5) is 0 Å². The minimum absolute atomic E-state index is 0.0164. The highest BCUT2D eigenvalue weighted by molar-refractivity contribution is 6.75. The van der Waals surface area contributed by atoms with Crippen LogP contribution in [0.5, 0.6) is 0 Å². The molecule has 0 fully saturated rings. The average molecular weight is 962 g/mol. The molecule has 0 amide bonds. The van der Waals surface area contributed by atoms with E-state index in [1.165, 1.54) is 22.3 Å². The van der Waals surface area contributed by atoms with Crippen molar-refractivity contribution in [1.29, 1.82) is 0 Å². The predicted octanol–water partition coefficient (Wildman–Crippen LogP) is 17.8. The third-order valence-corrected chi connectivity index (χ3v) is 33.2. The molecule has 0 aromatic rings. The van der Waals surface area contributed by atoms with Crippen LogP contribution in [-0.2, 0) is 22.4 Å². The number of ether oxygens (including phenoxy) is 1. The van der Waals surface area contributed by atoms with E-state index in [9.17, 15) is 0 Å². The lowest BCUT2D eigenvalue weighted by Crippen LogP contribution is -2.46. The maximum Gasteiger partial charge on any atom is 0.192 e. The van der Waals surface area contributed by atoms with Gasteiger partial charge in [0.25, 0.3) is 0 Å². The summed E-state index contributed by atoms with van der Waals surface area (Å²) in [5.41, 5.74) is 5.03. The summed E-state index contributed by atoms with van der Waals surface area (Å²) in [5.74, 6) is 0.637. The van der Waals surface area contributed by atoms with Gasteiger partial charge in [0.2, 0.25) is 0 Å². The summed E-state index contributed by atoms with van der Waals surface area (Å²) >= 11 is 0. The van der Waals surface area contributed by atoms with E-state index in [0.29, 0.717) is 5.92 Å². The molecule has 0 spiro atoms. The first-order valence-electron chi connectivity index (χ1n) is 24.9. The van der Waals surface area contributed by atoms with Crippen molar-refractivity contribution >= 4 is 33.3 Å². The van der Waals surface area contributed by atoms with E-state index >= 15 is 0 Å². The van der Waals surface area contributed by atoms with Crippen molar-refractivity contribution in [2.45, 2.75) is 242 Å². The molecule has 64 heavy (non-hydrogen) atoms. The van der Waals surface area contributed by atoms with Gasteiger partial charge >= 0.3 is 0 Å². The van der Waals surface area contributed by atoms with Gasteiger partial charge in [-0.25, -0.2) is 0 Å². The fourth-order valence-corrected chi connectivity index (χ4v) is 11.2. The lowest BCUT2D eigenvalue weighted by Gasteiger charge is -2.41. The fraction of sp³-hybridized carbons (Fsp3) is 0.782. The van der Waals surface area contributed by atoms with Gasteiger partial charge < -0.3 is 22.4 Å². The Kier molecular flexibility index (Phi) is 25.3. The summed E-state index contributed by atoms with van der Waals surface area (Å²) in [6, 6.07) is 0. The number of rotatable bonds is 25. The molecular formula is C55H108O5Si4. The van der Waals surface area contributed by atoms with E-state index < -0.39 is 33.3 Å². The minimum atomic E-state index is -2.12. The highest BCUT2D eigenvalue weighted by Gasteiger charge is 2.42. The molecule has 0 aliphatic rings. The highest BCUT2D eigenvalue weighted by Crippen LogP contribution is 2.41. The molecule has 0 radical (unpaired) electrons. The lowest BCUT2D eigenvalue weighted by molar-refractivity contribution is 0.0373. The van der Waals surface area contributed by atoms with Crippen molar-refractivity contribution in [3.8, 4) is 0 Å². The number of hydrogen-bond acceptors (Lipinski definition) is 5. The Balaban J connectivity index is 6.53. The van der Waals surface area contributed by atoms with Crippen molar-refractivity contribution in [1.82, 2.24) is 0 Å². The maximum atomic E-state index is 7.21. The molecule has 0 rings (SSSR count). The summed E-state index contributed by atoms with van der Waals surface area (Å²) < 4.78 is 33.6. The summed E-state index contributed by atoms with van der Waals surface area (Å²) in [5, 5.41) is 0.648. The largest absolute Gasteiger partial charge is 0.417 e. The Morgan fingerprint density at radius 2 is 1.03 bits per heavy atom. The third-order valence-electron chi connectivity index (χ3n) is 15.2. The monoisotopic (exact) mass is 961 g/mol. The van der Waals surface area contributed by atoms with Crippen molar-refractivity contribution in [2.75, 3.05) is 20.3 Å². The van der Waals surface area contributed by atoms with E-state index in [-0.39, 0.29) is 50.3 Å². The Bertz CT molecular complexity index is 1580. The van der Waals surface area contributed by atoms with Crippen LogP contribution < -0.4 is 0 Å². The standard InChI is InChI=1S/C55H108O5Si4/c1-42(32-29-30-37-57-61(21,22)52(8,9)10)40-50(60-64(27,28)55(17,18)19)47(6)39-45(4)38-43(2)35-36-49(59-63(25,26)54(14,15)16)48(7)51(56-20)46(5)34-31-33-44(3)41-58-62(23,24)53(11,12)13/h31,33-36,38-40,44,47-51H,29-30,32,37,41H2,1-28H3/b33-31+,36-35+,42-40+,43-38-,45-39-,46-34+/t44-,47-,48-,49+,50+,51+/m0/s1. The van der Waals surface area contributed by atoms with Crippen LogP contribution in [0.2, 0.25) is 72.5 Å². The molecule has 0 aromatic carbocycles. The van der Waals surface area contributed by atoms with Crippen LogP contribution in [0.3, 0.4) is 0 Å². The van der Waals surface area contributed by atoms with E-state index in [2.05, 4.69) is 233 Å². The second kappa shape index (κ2) is 25.6. The Morgan fingerprint density at radius 3 is 1.50 bits per heavy atom. The molecule has 0 N–H and O–H groups in total. The van der Waals surface area contributed by atoms with Gasteiger partial charge in [-0.05, 0) is 131 Å². The molecule has 0 aromatic heterocycles. The first-order valence-corrected chi connectivity index (χ1v) is 36.5. The van der Waals surface area contributed by atoms with Gasteiger partial charge in [-0.15, -0.1) is 0 Å². The first-order chi connectivity index (χ1) is 28.6. The molecule has 6 atom stereocenters. The summed E-state index contributed by atoms with van der Waals surface area (Å²) in [6.45, 7) is 63.9. The van der Waals surface area contributed by atoms with Gasteiger partial charge in [-0.1, -0.05) is 169 Å². The molecule has 0 aliphatic carbocycles. The number of unbranched alkanes of at least 4 members (excludes halogenated alkanes) is 1. The smallest absolute Gasteiger partial charge is 0.192 e. The zero-order chi connectivity index (χ0) is 50.5. The Labute approximate surface area is 404 Å². The van der Waals surface area contributed by atoms with Gasteiger partial charge in [0.15, 0.2) is 33.3 Å². The first kappa shape index (κ1) is 63.1. The summed E-state index contributed by atoms with van der Waals surface area (Å²) in [6.07, 6.45) is 21.4.